The fourth-order valence-corrected chi connectivity index (χ4v) is 2.19. The molecule has 0 saturated carbocycles. The molecule has 2 aromatic carbocycles. The van der Waals surface area contributed by atoms with E-state index in [-0.39, 0.29) is 12.6 Å². The van der Waals surface area contributed by atoms with Gasteiger partial charge in [-0.25, -0.2) is 10.2 Å². The van der Waals surface area contributed by atoms with Crippen LogP contribution in [0.1, 0.15) is 29.3 Å². The third kappa shape index (κ3) is 7.50. The molecule has 2 rings (SSSR count). The van der Waals surface area contributed by atoms with Crippen LogP contribution in [0, 0.1) is 0 Å². The Bertz CT molecular complexity index is 847. The first-order chi connectivity index (χ1) is 14.1. The maximum atomic E-state index is 11.9. The van der Waals surface area contributed by atoms with Gasteiger partial charge in [-0.2, -0.15) is 5.10 Å². The summed E-state index contributed by atoms with van der Waals surface area (Å²) in [7, 11) is 0. The van der Waals surface area contributed by atoms with Crippen molar-refractivity contribution in [3.05, 3.63) is 72.3 Å². The SMILES string of the molecule is C=CCOc1ccccc1/C=N/NC(=O)COc1ccc(C(=O)OCCC)cc1. The van der Waals surface area contributed by atoms with Crippen molar-refractivity contribution in [1.82, 2.24) is 5.43 Å². The zero-order chi connectivity index (χ0) is 20.9. The zero-order valence-corrected chi connectivity index (χ0v) is 16.3. The first-order valence-electron chi connectivity index (χ1n) is 9.18. The topological polar surface area (TPSA) is 86.2 Å². The van der Waals surface area contributed by atoms with E-state index in [1.165, 1.54) is 6.21 Å². The van der Waals surface area contributed by atoms with Crippen LogP contribution in [0.2, 0.25) is 0 Å². The number of benzene rings is 2. The van der Waals surface area contributed by atoms with Gasteiger partial charge in [-0.3, -0.25) is 4.79 Å². The highest BCUT2D eigenvalue weighted by Gasteiger charge is 2.07. The molecule has 7 nitrogen and oxygen atoms in total. The van der Waals surface area contributed by atoms with Crippen LogP contribution in [0.4, 0.5) is 0 Å². The lowest BCUT2D eigenvalue weighted by atomic mass is 10.2. The molecular weight excluding hydrogens is 372 g/mol. The number of para-hydroxylation sites is 1. The summed E-state index contributed by atoms with van der Waals surface area (Å²) in [6.07, 6.45) is 3.90. The summed E-state index contributed by atoms with van der Waals surface area (Å²) < 4.78 is 16.0. The molecule has 0 unspecified atom stereocenters. The highest BCUT2D eigenvalue weighted by molar-refractivity contribution is 5.89. The number of carbonyl (C=O) groups excluding carboxylic acids is 2. The third-order valence-electron chi connectivity index (χ3n) is 3.57. The van der Waals surface area contributed by atoms with Crippen molar-refractivity contribution in [2.75, 3.05) is 19.8 Å². The van der Waals surface area contributed by atoms with E-state index < -0.39 is 5.91 Å². The number of carbonyl (C=O) groups is 2. The second-order valence-corrected chi connectivity index (χ2v) is 5.88. The Balaban J connectivity index is 1.81. The van der Waals surface area contributed by atoms with Crippen molar-refractivity contribution in [3.8, 4) is 11.5 Å². The van der Waals surface area contributed by atoms with Gasteiger partial charge in [0, 0.05) is 5.56 Å². The highest BCUT2D eigenvalue weighted by Crippen LogP contribution is 2.16. The number of nitrogens with one attached hydrogen (secondary N) is 1. The number of hydrogen-bond donors (Lipinski definition) is 1. The average Bonchev–Trinajstić information content (AvgIpc) is 2.75. The molecule has 0 saturated heterocycles. The van der Waals surface area contributed by atoms with E-state index >= 15 is 0 Å². The van der Waals surface area contributed by atoms with Crippen molar-refractivity contribution >= 4 is 18.1 Å². The van der Waals surface area contributed by atoms with Crippen LogP contribution in [-0.4, -0.2) is 37.9 Å². The van der Waals surface area contributed by atoms with E-state index in [0.717, 1.165) is 12.0 Å². The largest absolute Gasteiger partial charge is 0.489 e. The predicted octanol–water partition coefficient (Wildman–Crippen LogP) is 3.35. The molecule has 0 spiro atoms. The van der Waals surface area contributed by atoms with Crippen LogP contribution in [0.15, 0.2) is 66.3 Å². The second kappa shape index (κ2) is 12.0. The summed E-state index contributed by atoms with van der Waals surface area (Å²) in [6, 6.07) is 13.7. The lowest BCUT2D eigenvalue weighted by Crippen LogP contribution is -2.24. The molecule has 0 aliphatic rings. The number of amides is 1. The zero-order valence-electron chi connectivity index (χ0n) is 16.3. The molecule has 152 valence electrons. The number of ether oxygens (including phenoxy) is 3. The van der Waals surface area contributed by atoms with E-state index in [4.69, 9.17) is 14.2 Å². The molecule has 0 bridgehead atoms. The molecule has 0 aliphatic carbocycles. The lowest BCUT2D eigenvalue weighted by molar-refractivity contribution is -0.123. The van der Waals surface area contributed by atoms with E-state index in [2.05, 4.69) is 17.1 Å². The maximum Gasteiger partial charge on any atom is 0.338 e. The molecule has 0 aromatic heterocycles. The monoisotopic (exact) mass is 396 g/mol. The van der Waals surface area contributed by atoms with Crippen LogP contribution < -0.4 is 14.9 Å². The fraction of sp³-hybridized carbons (Fsp3) is 0.227. The summed E-state index contributed by atoms with van der Waals surface area (Å²) in [6.45, 7) is 6.07. The van der Waals surface area contributed by atoms with Crippen molar-refractivity contribution in [2.45, 2.75) is 13.3 Å². The van der Waals surface area contributed by atoms with Gasteiger partial charge in [-0.15, -0.1) is 0 Å². The Morgan fingerprint density at radius 1 is 1.10 bits per heavy atom. The Morgan fingerprint density at radius 3 is 2.59 bits per heavy atom. The minimum atomic E-state index is -0.419. The van der Waals surface area contributed by atoms with Crippen molar-refractivity contribution in [1.29, 1.82) is 0 Å². The fourth-order valence-electron chi connectivity index (χ4n) is 2.19. The molecule has 0 fully saturated rings. The quantitative estimate of drug-likeness (QED) is 0.272. The van der Waals surface area contributed by atoms with Crippen molar-refractivity contribution in [2.24, 2.45) is 5.10 Å². The van der Waals surface area contributed by atoms with Crippen LogP contribution in [0.3, 0.4) is 0 Å². The first-order valence-corrected chi connectivity index (χ1v) is 9.18. The summed E-state index contributed by atoms with van der Waals surface area (Å²) in [5.41, 5.74) is 3.54. The normalized spacial score (nSPS) is 10.4. The van der Waals surface area contributed by atoms with E-state index in [1.54, 1.807) is 36.4 Å². The Hall–Kier alpha value is -3.61. The van der Waals surface area contributed by atoms with Gasteiger partial charge in [0.2, 0.25) is 0 Å². The summed E-state index contributed by atoms with van der Waals surface area (Å²) >= 11 is 0. The van der Waals surface area contributed by atoms with Crippen LogP contribution in [0.5, 0.6) is 11.5 Å². The Kier molecular flexibility index (Phi) is 8.95. The van der Waals surface area contributed by atoms with Crippen LogP contribution in [0.25, 0.3) is 0 Å². The molecular formula is C22H24N2O5. The van der Waals surface area contributed by atoms with Crippen LogP contribution >= 0.6 is 0 Å². The van der Waals surface area contributed by atoms with Crippen LogP contribution in [-0.2, 0) is 9.53 Å². The lowest BCUT2D eigenvalue weighted by Gasteiger charge is -2.07. The van der Waals surface area contributed by atoms with E-state index in [9.17, 15) is 9.59 Å². The summed E-state index contributed by atoms with van der Waals surface area (Å²) in [5.74, 6) is 0.290. The number of hydrazone groups is 1. The molecule has 1 amide bonds. The number of rotatable bonds is 11. The van der Waals surface area contributed by atoms with Gasteiger partial charge in [0.05, 0.1) is 18.4 Å². The second-order valence-electron chi connectivity index (χ2n) is 5.88. The van der Waals surface area contributed by atoms with Gasteiger partial charge >= 0.3 is 5.97 Å². The molecule has 0 heterocycles. The third-order valence-corrected chi connectivity index (χ3v) is 3.57. The Labute approximate surface area is 170 Å². The van der Waals surface area contributed by atoms with E-state index in [0.29, 0.717) is 30.3 Å². The minimum Gasteiger partial charge on any atom is -0.489 e. The van der Waals surface area contributed by atoms with Gasteiger partial charge in [-0.05, 0) is 42.8 Å². The summed E-state index contributed by atoms with van der Waals surface area (Å²) in [4.78, 5) is 23.6. The molecule has 0 atom stereocenters. The van der Waals surface area contributed by atoms with Gasteiger partial charge in [0.1, 0.15) is 18.1 Å². The van der Waals surface area contributed by atoms with Gasteiger partial charge in [0.25, 0.3) is 5.91 Å². The first kappa shape index (κ1) is 21.7. The van der Waals surface area contributed by atoms with Crippen molar-refractivity contribution < 1.29 is 23.8 Å². The van der Waals surface area contributed by atoms with Gasteiger partial charge < -0.3 is 14.2 Å². The summed E-state index contributed by atoms with van der Waals surface area (Å²) in [5, 5.41) is 3.92. The predicted molar refractivity (Wildman–Crippen MR) is 110 cm³/mol. The number of nitrogens with zero attached hydrogens (tertiary/aromatic N) is 1. The maximum absolute atomic E-state index is 11.9. The molecule has 0 radical (unpaired) electrons. The smallest absolute Gasteiger partial charge is 0.338 e. The van der Waals surface area contributed by atoms with Crippen molar-refractivity contribution in [3.63, 3.8) is 0 Å². The molecule has 0 aliphatic heterocycles. The molecule has 29 heavy (non-hydrogen) atoms. The highest BCUT2D eigenvalue weighted by atomic mass is 16.5. The standard InChI is InChI=1S/C22H24N2O5/c1-3-13-27-20-8-6-5-7-18(20)15-23-24-21(25)16-29-19-11-9-17(10-12-19)22(26)28-14-4-2/h3,5-12,15H,1,4,13-14,16H2,2H3,(H,24,25)/b23-15+. The van der Waals surface area contributed by atoms with Gasteiger partial charge in [0.15, 0.2) is 6.61 Å². The molecule has 1 N–H and O–H groups in total. The average molecular weight is 396 g/mol. The number of hydrogen-bond acceptors (Lipinski definition) is 6. The minimum absolute atomic E-state index is 0.217. The molecule has 7 heteroatoms. The number of esters is 1. The van der Waals surface area contributed by atoms with E-state index in [1.807, 2.05) is 25.1 Å². The van der Waals surface area contributed by atoms with Gasteiger partial charge in [-0.1, -0.05) is 31.7 Å². The molecule has 2 aromatic rings. The Morgan fingerprint density at radius 2 is 1.86 bits per heavy atom.